The monoisotopic (exact) mass is 184 g/mol. The molecule has 0 unspecified atom stereocenters. The molecule has 1 heterocycles. The van der Waals surface area contributed by atoms with Gasteiger partial charge in [0.05, 0.1) is 6.20 Å². The van der Waals surface area contributed by atoms with Crippen molar-refractivity contribution < 1.29 is 9.90 Å². The topological polar surface area (TPSA) is 94.0 Å². The highest BCUT2D eigenvalue weighted by molar-refractivity contribution is 5.73. The molecule has 0 bridgehead atoms. The second-order valence-corrected chi connectivity index (χ2v) is 3.33. The zero-order valence-electron chi connectivity index (χ0n) is 7.56. The lowest BCUT2D eigenvalue weighted by Gasteiger charge is -2.11. The molecule has 0 radical (unpaired) electrons. The number of nitrogens with two attached hydrogens (primary N) is 1. The predicted molar refractivity (Wildman–Crippen MR) is 44.5 cm³/mol. The zero-order chi connectivity index (χ0) is 10.1. The van der Waals surface area contributed by atoms with Crippen LogP contribution in [0.25, 0.3) is 0 Å². The number of carbonyl (C=O) groups excluding carboxylic acids is 1. The third-order valence-electron chi connectivity index (χ3n) is 1.48. The van der Waals surface area contributed by atoms with Gasteiger partial charge in [-0.1, -0.05) is 5.21 Å². The molecule has 0 aliphatic carbocycles. The van der Waals surface area contributed by atoms with Crippen LogP contribution in [0.3, 0.4) is 0 Å². The number of nitrogens with zero attached hydrogens (tertiary/aromatic N) is 3. The fourth-order valence-electron chi connectivity index (χ4n) is 0.816. The van der Waals surface area contributed by atoms with E-state index in [0.29, 0.717) is 5.69 Å². The van der Waals surface area contributed by atoms with Crippen LogP contribution in [0.5, 0.6) is 0 Å². The summed E-state index contributed by atoms with van der Waals surface area (Å²) in [6, 6.07) is 0. The summed E-state index contributed by atoms with van der Waals surface area (Å²) in [5.41, 5.74) is 4.32. The fraction of sp³-hybridized carbons (Fsp3) is 0.571. The van der Waals surface area contributed by atoms with Crippen molar-refractivity contribution in [3.63, 3.8) is 0 Å². The van der Waals surface area contributed by atoms with Gasteiger partial charge in [0.2, 0.25) is 5.91 Å². The second-order valence-electron chi connectivity index (χ2n) is 3.33. The number of rotatable bonds is 3. The van der Waals surface area contributed by atoms with Crippen molar-refractivity contribution in [3.05, 3.63) is 11.9 Å². The summed E-state index contributed by atoms with van der Waals surface area (Å²) < 4.78 is 1.29. The smallest absolute Gasteiger partial charge is 0.239 e. The highest BCUT2D eigenvalue weighted by atomic mass is 16.3. The van der Waals surface area contributed by atoms with E-state index in [2.05, 4.69) is 10.3 Å². The third kappa shape index (κ3) is 2.51. The molecule has 3 N–H and O–H groups in total. The minimum atomic E-state index is -1.05. The Balaban J connectivity index is 2.81. The normalized spacial score (nSPS) is 11.6. The first-order chi connectivity index (χ1) is 5.89. The second kappa shape index (κ2) is 3.14. The lowest BCUT2D eigenvalue weighted by molar-refractivity contribution is -0.118. The summed E-state index contributed by atoms with van der Waals surface area (Å²) >= 11 is 0. The zero-order valence-corrected chi connectivity index (χ0v) is 7.56. The maximum atomic E-state index is 10.5. The van der Waals surface area contributed by atoms with E-state index in [1.54, 1.807) is 13.8 Å². The van der Waals surface area contributed by atoms with Gasteiger partial charge >= 0.3 is 0 Å². The number of aromatic nitrogens is 3. The van der Waals surface area contributed by atoms with Crippen LogP contribution in [-0.2, 0) is 16.9 Å². The summed E-state index contributed by atoms with van der Waals surface area (Å²) in [5.74, 6) is -0.493. The Morgan fingerprint density at radius 3 is 2.77 bits per heavy atom. The van der Waals surface area contributed by atoms with Gasteiger partial charge in [-0.15, -0.1) is 5.10 Å². The molecule has 1 amide bonds. The summed E-state index contributed by atoms with van der Waals surface area (Å²) in [7, 11) is 0. The third-order valence-corrected chi connectivity index (χ3v) is 1.48. The molecule has 0 atom stereocenters. The Morgan fingerprint density at radius 2 is 2.38 bits per heavy atom. The van der Waals surface area contributed by atoms with Gasteiger partial charge in [-0.2, -0.15) is 0 Å². The molecule has 6 nitrogen and oxygen atoms in total. The minimum absolute atomic E-state index is 0.0247. The van der Waals surface area contributed by atoms with Gasteiger partial charge in [0.15, 0.2) is 0 Å². The summed E-state index contributed by atoms with van der Waals surface area (Å²) in [6.07, 6.45) is 1.49. The highest BCUT2D eigenvalue weighted by Crippen LogP contribution is 2.15. The van der Waals surface area contributed by atoms with E-state index in [1.165, 1.54) is 10.9 Å². The molecule has 1 rings (SSSR count). The number of primary amides is 1. The van der Waals surface area contributed by atoms with Gasteiger partial charge in [0.1, 0.15) is 17.8 Å². The molecule has 13 heavy (non-hydrogen) atoms. The van der Waals surface area contributed by atoms with Gasteiger partial charge in [0.25, 0.3) is 0 Å². The lowest BCUT2D eigenvalue weighted by atomic mass is 10.1. The van der Waals surface area contributed by atoms with E-state index in [4.69, 9.17) is 5.73 Å². The van der Waals surface area contributed by atoms with Crippen LogP contribution in [0, 0.1) is 0 Å². The van der Waals surface area contributed by atoms with Gasteiger partial charge in [0, 0.05) is 0 Å². The average Bonchev–Trinajstić information content (AvgIpc) is 2.32. The number of amides is 1. The molecule has 6 heteroatoms. The number of hydrogen-bond acceptors (Lipinski definition) is 4. The van der Waals surface area contributed by atoms with E-state index in [1.807, 2.05) is 0 Å². The largest absolute Gasteiger partial charge is 0.384 e. The van der Waals surface area contributed by atoms with E-state index < -0.39 is 11.5 Å². The number of aliphatic hydroxyl groups is 1. The van der Waals surface area contributed by atoms with Gasteiger partial charge in [-0.3, -0.25) is 4.79 Å². The summed E-state index contributed by atoms with van der Waals surface area (Å²) in [5, 5.41) is 16.8. The first-order valence-corrected chi connectivity index (χ1v) is 3.81. The van der Waals surface area contributed by atoms with Gasteiger partial charge < -0.3 is 10.8 Å². The lowest BCUT2D eigenvalue weighted by Crippen LogP contribution is -2.19. The molecule has 1 aromatic heterocycles. The Labute approximate surface area is 75.3 Å². The SMILES string of the molecule is CC(C)(O)c1cn(CC(N)=O)nn1. The maximum absolute atomic E-state index is 10.5. The number of carbonyl (C=O) groups is 1. The van der Waals surface area contributed by atoms with Gasteiger partial charge in [-0.05, 0) is 13.8 Å². The molecular weight excluding hydrogens is 172 g/mol. The quantitative estimate of drug-likeness (QED) is 0.629. The van der Waals surface area contributed by atoms with Crippen molar-refractivity contribution in [3.8, 4) is 0 Å². The fourth-order valence-corrected chi connectivity index (χ4v) is 0.816. The molecule has 0 spiro atoms. The first kappa shape index (κ1) is 9.66. The minimum Gasteiger partial charge on any atom is -0.384 e. The maximum Gasteiger partial charge on any atom is 0.239 e. The first-order valence-electron chi connectivity index (χ1n) is 3.81. The van der Waals surface area contributed by atoms with Crippen LogP contribution >= 0.6 is 0 Å². The average molecular weight is 184 g/mol. The molecule has 0 fully saturated rings. The van der Waals surface area contributed by atoms with E-state index in [9.17, 15) is 9.90 Å². The molecule has 0 aliphatic heterocycles. The molecule has 0 aromatic carbocycles. The summed E-state index contributed by atoms with van der Waals surface area (Å²) in [4.78, 5) is 10.5. The van der Waals surface area contributed by atoms with Crippen LogP contribution in [-0.4, -0.2) is 26.0 Å². The van der Waals surface area contributed by atoms with Crippen molar-refractivity contribution in [2.45, 2.75) is 26.0 Å². The van der Waals surface area contributed by atoms with Crippen molar-refractivity contribution in [2.75, 3.05) is 0 Å². The molecule has 72 valence electrons. The molecule has 0 aliphatic rings. The Hall–Kier alpha value is -1.43. The molecule has 0 saturated heterocycles. The van der Waals surface area contributed by atoms with Crippen molar-refractivity contribution in [1.29, 1.82) is 0 Å². The van der Waals surface area contributed by atoms with E-state index >= 15 is 0 Å². The molecule has 1 aromatic rings. The Kier molecular flexibility index (Phi) is 2.33. The highest BCUT2D eigenvalue weighted by Gasteiger charge is 2.20. The number of hydrogen-bond donors (Lipinski definition) is 2. The van der Waals surface area contributed by atoms with Crippen LogP contribution in [0.1, 0.15) is 19.5 Å². The van der Waals surface area contributed by atoms with Gasteiger partial charge in [-0.25, -0.2) is 4.68 Å². The Morgan fingerprint density at radius 1 is 1.77 bits per heavy atom. The predicted octanol–water partition coefficient (Wildman–Crippen LogP) is -1.01. The van der Waals surface area contributed by atoms with Crippen molar-refractivity contribution >= 4 is 5.91 Å². The van der Waals surface area contributed by atoms with Crippen LogP contribution in [0.4, 0.5) is 0 Å². The molecular formula is C7H12N4O2. The van der Waals surface area contributed by atoms with Crippen LogP contribution < -0.4 is 5.73 Å². The standard InChI is InChI=1S/C7H12N4O2/c1-7(2,13)5-3-11(10-9-5)4-6(8)12/h3,13H,4H2,1-2H3,(H2,8,12). The van der Waals surface area contributed by atoms with Crippen molar-refractivity contribution in [1.82, 2.24) is 15.0 Å². The Bertz CT molecular complexity index is 313. The van der Waals surface area contributed by atoms with Crippen LogP contribution in [0.15, 0.2) is 6.20 Å². The van der Waals surface area contributed by atoms with Crippen LogP contribution in [0.2, 0.25) is 0 Å². The van der Waals surface area contributed by atoms with E-state index in [-0.39, 0.29) is 6.54 Å². The summed E-state index contributed by atoms with van der Waals surface area (Å²) in [6.45, 7) is 3.15. The molecule has 0 saturated carbocycles. The van der Waals surface area contributed by atoms with Crippen molar-refractivity contribution in [2.24, 2.45) is 5.73 Å². The van der Waals surface area contributed by atoms with E-state index in [0.717, 1.165) is 0 Å².